The van der Waals surface area contributed by atoms with Crippen molar-refractivity contribution < 1.29 is 0 Å². The van der Waals surface area contributed by atoms with E-state index in [1.165, 1.54) is 19.3 Å². The molecule has 2 nitrogen and oxygen atoms in total. The van der Waals surface area contributed by atoms with Gasteiger partial charge in [0.1, 0.15) is 0 Å². The molecule has 0 aliphatic carbocycles. The molecule has 2 heteroatoms. The highest BCUT2D eigenvalue weighted by atomic mass is 14.9. The Bertz CT molecular complexity index is 68.5. The molecule has 0 aromatic heterocycles. The number of nitrogens with one attached hydrogen (secondary N) is 2. The molecule has 0 bridgehead atoms. The van der Waals surface area contributed by atoms with E-state index in [4.69, 9.17) is 0 Å². The minimum atomic E-state index is 0.720. The summed E-state index contributed by atoms with van der Waals surface area (Å²) in [6.45, 7) is 10.6. The summed E-state index contributed by atoms with van der Waals surface area (Å²) in [5.41, 5.74) is 0. The van der Waals surface area contributed by atoms with Gasteiger partial charge in [-0.2, -0.15) is 0 Å². The molecule has 0 saturated carbocycles. The monoisotopic (exact) mass is 188 g/mol. The van der Waals surface area contributed by atoms with Crippen molar-refractivity contribution in [3.05, 3.63) is 0 Å². The van der Waals surface area contributed by atoms with Crippen molar-refractivity contribution >= 4 is 0 Å². The van der Waals surface area contributed by atoms with E-state index in [0.717, 1.165) is 19.1 Å². The lowest BCUT2D eigenvalue weighted by Crippen LogP contribution is -2.31. The zero-order valence-electron chi connectivity index (χ0n) is 10.1. The summed E-state index contributed by atoms with van der Waals surface area (Å²) in [6, 6.07) is 0.720. The van der Waals surface area contributed by atoms with Gasteiger partial charge in [-0.25, -0.2) is 0 Å². The predicted octanol–water partition coefficient (Wildman–Crippen LogP) is 2.40. The number of rotatable bonds is 7. The van der Waals surface area contributed by atoms with Crippen molar-refractivity contribution in [2.24, 2.45) is 0 Å². The van der Waals surface area contributed by atoms with E-state index in [1.54, 1.807) is 0 Å². The fourth-order valence-electron chi connectivity index (χ4n) is 1.30. The van der Waals surface area contributed by atoms with Crippen LogP contribution in [-0.4, -0.2) is 26.2 Å². The summed E-state index contributed by atoms with van der Waals surface area (Å²) in [7, 11) is 2.01. The first-order valence-corrected chi connectivity index (χ1v) is 5.73. The topological polar surface area (TPSA) is 24.1 Å². The first kappa shape index (κ1) is 15.4. The third-order valence-electron chi connectivity index (χ3n) is 1.87. The molecule has 82 valence electrons. The molecule has 1 unspecified atom stereocenters. The molecule has 0 rings (SSSR count). The molecule has 0 aromatic carbocycles. The molecule has 1 atom stereocenters. The van der Waals surface area contributed by atoms with Crippen LogP contribution in [-0.2, 0) is 0 Å². The van der Waals surface area contributed by atoms with Gasteiger partial charge < -0.3 is 10.6 Å². The van der Waals surface area contributed by atoms with Crippen molar-refractivity contribution in [3.8, 4) is 0 Å². The molecule has 0 saturated heterocycles. The molecule has 0 fully saturated rings. The van der Waals surface area contributed by atoms with Gasteiger partial charge >= 0.3 is 0 Å². The molecule has 0 aliphatic rings. The molecular formula is C11H28N2. The first-order valence-electron chi connectivity index (χ1n) is 5.73. The Balaban J connectivity index is 0. The lowest BCUT2D eigenvalue weighted by atomic mass is 10.1. The standard InChI is InChI=1S/C9H22N2.C2H6/c1-4-6-9(11-5-2)7-8-10-3;1-2/h9-11H,4-8H2,1-3H3;1-2H3. The van der Waals surface area contributed by atoms with Crippen molar-refractivity contribution in [2.75, 3.05) is 20.1 Å². The van der Waals surface area contributed by atoms with Crippen molar-refractivity contribution in [3.63, 3.8) is 0 Å². The second kappa shape index (κ2) is 14.4. The zero-order chi connectivity index (χ0) is 10.5. The highest BCUT2D eigenvalue weighted by Crippen LogP contribution is 1.99. The summed E-state index contributed by atoms with van der Waals surface area (Å²) in [6.07, 6.45) is 3.83. The fourth-order valence-corrected chi connectivity index (χ4v) is 1.30. The smallest absolute Gasteiger partial charge is 0.00789 e. The molecule has 0 amide bonds. The predicted molar refractivity (Wildman–Crippen MR) is 62.3 cm³/mol. The molecule has 2 N–H and O–H groups in total. The van der Waals surface area contributed by atoms with Crippen LogP contribution in [0.3, 0.4) is 0 Å². The fraction of sp³-hybridized carbons (Fsp3) is 1.00. The van der Waals surface area contributed by atoms with Gasteiger partial charge in [0.25, 0.3) is 0 Å². The third-order valence-corrected chi connectivity index (χ3v) is 1.87. The maximum Gasteiger partial charge on any atom is 0.00789 e. The van der Waals surface area contributed by atoms with Crippen LogP contribution in [0.5, 0.6) is 0 Å². The van der Waals surface area contributed by atoms with Gasteiger partial charge in [0.05, 0.1) is 0 Å². The van der Waals surface area contributed by atoms with Gasteiger partial charge in [-0.1, -0.05) is 34.1 Å². The Morgan fingerprint density at radius 3 is 2.08 bits per heavy atom. The Morgan fingerprint density at radius 2 is 1.69 bits per heavy atom. The van der Waals surface area contributed by atoms with Crippen LogP contribution in [0.2, 0.25) is 0 Å². The minimum Gasteiger partial charge on any atom is -0.320 e. The maximum atomic E-state index is 3.48. The number of hydrogen-bond donors (Lipinski definition) is 2. The van der Waals surface area contributed by atoms with Gasteiger partial charge in [-0.3, -0.25) is 0 Å². The highest BCUT2D eigenvalue weighted by molar-refractivity contribution is 4.65. The molecule has 0 heterocycles. The van der Waals surface area contributed by atoms with Gasteiger partial charge in [0.2, 0.25) is 0 Å². The van der Waals surface area contributed by atoms with Gasteiger partial charge in [0, 0.05) is 6.04 Å². The SMILES string of the molecule is CC.CCCC(CCNC)NCC. The normalized spacial score (nSPS) is 11.8. The zero-order valence-corrected chi connectivity index (χ0v) is 10.1. The van der Waals surface area contributed by atoms with E-state index in [9.17, 15) is 0 Å². The van der Waals surface area contributed by atoms with Crippen LogP contribution in [0.15, 0.2) is 0 Å². The maximum absolute atomic E-state index is 3.48. The molecule has 0 aromatic rings. The van der Waals surface area contributed by atoms with E-state index >= 15 is 0 Å². The second-order valence-corrected chi connectivity index (χ2v) is 2.94. The van der Waals surface area contributed by atoms with Crippen LogP contribution < -0.4 is 10.6 Å². The lowest BCUT2D eigenvalue weighted by Gasteiger charge is -2.16. The number of hydrogen-bond acceptors (Lipinski definition) is 2. The lowest BCUT2D eigenvalue weighted by molar-refractivity contribution is 0.453. The Labute approximate surface area is 84.5 Å². The second-order valence-electron chi connectivity index (χ2n) is 2.94. The Morgan fingerprint density at radius 1 is 1.08 bits per heavy atom. The van der Waals surface area contributed by atoms with Crippen LogP contribution in [0.4, 0.5) is 0 Å². The van der Waals surface area contributed by atoms with Gasteiger partial charge in [-0.15, -0.1) is 0 Å². The molecule has 13 heavy (non-hydrogen) atoms. The summed E-state index contributed by atoms with van der Waals surface area (Å²) in [5.74, 6) is 0. The Hall–Kier alpha value is -0.0800. The average molecular weight is 188 g/mol. The van der Waals surface area contributed by atoms with E-state index in [1.807, 2.05) is 20.9 Å². The van der Waals surface area contributed by atoms with Crippen LogP contribution in [0.1, 0.15) is 47.0 Å². The Kier molecular flexibility index (Phi) is 17.1. The summed E-state index contributed by atoms with van der Waals surface area (Å²) < 4.78 is 0. The molecule has 0 radical (unpaired) electrons. The van der Waals surface area contributed by atoms with Gasteiger partial charge in [0.15, 0.2) is 0 Å². The average Bonchev–Trinajstić information content (AvgIpc) is 2.18. The van der Waals surface area contributed by atoms with E-state index in [0.29, 0.717) is 0 Å². The summed E-state index contributed by atoms with van der Waals surface area (Å²) >= 11 is 0. The van der Waals surface area contributed by atoms with Gasteiger partial charge in [-0.05, 0) is 33.0 Å². The third kappa shape index (κ3) is 11.9. The van der Waals surface area contributed by atoms with Crippen LogP contribution in [0.25, 0.3) is 0 Å². The van der Waals surface area contributed by atoms with Crippen molar-refractivity contribution in [2.45, 2.75) is 53.0 Å². The summed E-state index contributed by atoms with van der Waals surface area (Å²) in [4.78, 5) is 0. The van der Waals surface area contributed by atoms with Crippen molar-refractivity contribution in [1.82, 2.24) is 10.6 Å². The largest absolute Gasteiger partial charge is 0.320 e. The van der Waals surface area contributed by atoms with Crippen LogP contribution >= 0.6 is 0 Å². The van der Waals surface area contributed by atoms with Crippen molar-refractivity contribution in [1.29, 1.82) is 0 Å². The van der Waals surface area contributed by atoms with E-state index < -0.39 is 0 Å². The first-order chi connectivity index (χ1) is 6.35. The van der Waals surface area contributed by atoms with E-state index in [2.05, 4.69) is 24.5 Å². The minimum absolute atomic E-state index is 0.720. The molecule has 0 spiro atoms. The van der Waals surface area contributed by atoms with E-state index in [-0.39, 0.29) is 0 Å². The molecule has 0 aliphatic heterocycles. The van der Waals surface area contributed by atoms with Crippen LogP contribution in [0, 0.1) is 0 Å². The summed E-state index contributed by atoms with van der Waals surface area (Å²) in [5, 5.41) is 6.65. The quantitative estimate of drug-likeness (QED) is 0.641. The molecular weight excluding hydrogens is 160 g/mol. The highest BCUT2D eigenvalue weighted by Gasteiger charge is 2.03.